The van der Waals surface area contributed by atoms with Crippen molar-refractivity contribution in [2.75, 3.05) is 13.2 Å². The molecule has 0 aromatic heterocycles. The van der Waals surface area contributed by atoms with E-state index in [1.165, 1.54) is 10.9 Å². The van der Waals surface area contributed by atoms with Crippen molar-refractivity contribution < 1.29 is 9.53 Å². The fourth-order valence-electron chi connectivity index (χ4n) is 2.62. The van der Waals surface area contributed by atoms with Crippen LogP contribution in [0.5, 0.6) is 5.75 Å². The van der Waals surface area contributed by atoms with Gasteiger partial charge in [0.25, 0.3) is 0 Å². The van der Waals surface area contributed by atoms with Crippen LogP contribution in [0.3, 0.4) is 0 Å². The Labute approximate surface area is 158 Å². The van der Waals surface area contributed by atoms with E-state index in [9.17, 15) is 4.79 Å². The second-order valence-corrected chi connectivity index (χ2v) is 7.42. The molecule has 0 saturated carbocycles. The van der Waals surface area contributed by atoms with Crippen LogP contribution in [-0.2, 0) is 10.5 Å². The first kappa shape index (κ1) is 18.3. The van der Waals surface area contributed by atoms with Crippen molar-refractivity contribution in [2.45, 2.75) is 17.9 Å². The predicted molar refractivity (Wildman–Crippen MR) is 110 cm³/mol. The summed E-state index contributed by atoms with van der Waals surface area (Å²) >= 11 is 1.64. The third-order valence-corrected chi connectivity index (χ3v) is 5.32. The zero-order valence-electron chi connectivity index (χ0n) is 14.9. The number of hydrogen-bond acceptors (Lipinski definition) is 3. The standard InChI is InChI=1S/C22H23NO2S/c1-17(26-16-18-7-3-2-4-8-18)22(24)23-13-14-25-21-12-11-19-9-5-6-10-20(19)15-21/h2-12,15,17H,13-14,16H2,1H3,(H,23,24)/t17-/m0/s1. The predicted octanol–water partition coefficient (Wildman–Crippen LogP) is 4.66. The van der Waals surface area contributed by atoms with Crippen LogP contribution in [0.2, 0.25) is 0 Å². The van der Waals surface area contributed by atoms with E-state index in [0.717, 1.165) is 16.9 Å². The molecule has 0 aliphatic rings. The molecule has 1 N–H and O–H groups in total. The second kappa shape index (κ2) is 9.30. The molecular formula is C22H23NO2S. The quantitative estimate of drug-likeness (QED) is 0.590. The first-order valence-electron chi connectivity index (χ1n) is 8.77. The van der Waals surface area contributed by atoms with Crippen molar-refractivity contribution in [3.05, 3.63) is 78.4 Å². The third kappa shape index (κ3) is 5.27. The highest BCUT2D eigenvalue weighted by Crippen LogP contribution is 2.20. The maximum absolute atomic E-state index is 12.2. The summed E-state index contributed by atoms with van der Waals surface area (Å²) in [5, 5.41) is 5.20. The Morgan fingerprint density at radius 2 is 1.73 bits per heavy atom. The summed E-state index contributed by atoms with van der Waals surface area (Å²) in [6, 6.07) is 24.4. The highest BCUT2D eigenvalue weighted by Gasteiger charge is 2.12. The molecule has 0 aliphatic heterocycles. The van der Waals surface area contributed by atoms with Gasteiger partial charge < -0.3 is 10.1 Å². The van der Waals surface area contributed by atoms with Gasteiger partial charge >= 0.3 is 0 Å². The Morgan fingerprint density at radius 3 is 2.54 bits per heavy atom. The number of hydrogen-bond donors (Lipinski definition) is 1. The lowest BCUT2D eigenvalue weighted by atomic mass is 10.1. The van der Waals surface area contributed by atoms with E-state index in [1.807, 2.05) is 55.5 Å². The number of fused-ring (bicyclic) bond motifs is 1. The highest BCUT2D eigenvalue weighted by atomic mass is 32.2. The lowest BCUT2D eigenvalue weighted by Gasteiger charge is -2.13. The van der Waals surface area contributed by atoms with Gasteiger partial charge in [0, 0.05) is 5.75 Å². The van der Waals surface area contributed by atoms with E-state index >= 15 is 0 Å². The van der Waals surface area contributed by atoms with E-state index in [4.69, 9.17) is 4.74 Å². The van der Waals surface area contributed by atoms with E-state index in [-0.39, 0.29) is 11.2 Å². The van der Waals surface area contributed by atoms with Gasteiger partial charge in [-0.2, -0.15) is 0 Å². The molecule has 3 aromatic carbocycles. The van der Waals surface area contributed by atoms with Crippen molar-refractivity contribution >= 4 is 28.4 Å². The zero-order valence-corrected chi connectivity index (χ0v) is 15.7. The Bertz CT molecular complexity index is 851. The van der Waals surface area contributed by atoms with Crippen LogP contribution in [0.15, 0.2) is 72.8 Å². The van der Waals surface area contributed by atoms with Gasteiger partial charge in [-0.25, -0.2) is 0 Å². The maximum atomic E-state index is 12.2. The summed E-state index contributed by atoms with van der Waals surface area (Å²) < 4.78 is 5.75. The molecule has 0 unspecified atom stereocenters. The van der Waals surface area contributed by atoms with Gasteiger partial charge in [-0.05, 0) is 35.4 Å². The lowest BCUT2D eigenvalue weighted by Crippen LogP contribution is -2.34. The van der Waals surface area contributed by atoms with Gasteiger partial charge in [0.05, 0.1) is 11.8 Å². The number of ether oxygens (including phenoxy) is 1. The molecule has 0 fully saturated rings. The number of nitrogens with one attached hydrogen (secondary N) is 1. The fourth-order valence-corrected chi connectivity index (χ4v) is 3.48. The average Bonchev–Trinajstić information content (AvgIpc) is 2.70. The minimum Gasteiger partial charge on any atom is -0.492 e. The summed E-state index contributed by atoms with van der Waals surface area (Å²) in [4.78, 5) is 12.2. The minimum absolute atomic E-state index is 0.0491. The van der Waals surface area contributed by atoms with Crippen molar-refractivity contribution in [3.8, 4) is 5.75 Å². The number of carbonyl (C=O) groups is 1. The molecule has 26 heavy (non-hydrogen) atoms. The molecule has 0 spiro atoms. The minimum atomic E-state index is -0.0872. The molecule has 0 bridgehead atoms. The molecule has 0 aliphatic carbocycles. The summed E-state index contributed by atoms with van der Waals surface area (Å²) in [5.74, 6) is 1.71. The Balaban J connectivity index is 1.38. The largest absolute Gasteiger partial charge is 0.492 e. The smallest absolute Gasteiger partial charge is 0.232 e. The molecule has 0 saturated heterocycles. The monoisotopic (exact) mass is 365 g/mol. The van der Waals surface area contributed by atoms with Crippen molar-refractivity contribution in [1.82, 2.24) is 5.32 Å². The van der Waals surface area contributed by atoms with Gasteiger partial charge in [-0.1, -0.05) is 60.7 Å². The highest BCUT2D eigenvalue weighted by molar-refractivity contribution is 7.99. The van der Waals surface area contributed by atoms with Crippen molar-refractivity contribution in [1.29, 1.82) is 0 Å². The fraction of sp³-hybridized carbons (Fsp3) is 0.227. The van der Waals surface area contributed by atoms with Crippen LogP contribution < -0.4 is 10.1 Å². The lowest BCUT2D eigenvalue weighted by molar-refractivity contribution is -0.120. The molecule has 3 rings (SSSR count). The van der Waals surface area contributed by atoms with Gasteiger partial charge in [0.1, 0.15) is 12.4 Å². The topological polar surface area (TPSA) is 38.3 Å². The van der Waals surface area contributed by atoms with E-state index < -0.39 is 0 Å². The molecule has 4 heteroatoms. The van der Waals surface area contributed by atoms with Crippen LogP contribution in [-0.4, -0.2) is 24.3 Å². The molecule has 0 radical (unpaired) electrons. The Morgan fingerprint density at radius 1 is 1.00 bits per heavy atom. The Kier molecular flexibility index (Phi) is 6.56. The SMILES string of the molecule is C[C@H](SCc1ccccc1)C(=O)NCCOc1ccc2ccccc2c1. The van der Waals surface area contributed by atoms with Crippen LogP contribution in [0.25, 0.3) is 10.8 Å². The third-order valence-electron chi connectivity index (χ3n) is 4.10. The molecule has 3 aromatic rings. The number of thioether (sulfide) groups is 1. The van der Waals surface area contributed by atoms with Crippen molar-refractivity contribution in [2.24, 2.45) is 0 Å². The van der Waals surface area contributed by atoms with Gasteiger partial charge in [-0.15, -0.1) is 11.8 Å². The van der Waals surface area contributed by atoms with Crippen LogP contribution in [0.1, 0.15) is 12.5 Å². The van der Waals surface area contributed by atoms with Gasteiger partial charge in [0.2, 0.25) is 5.91 Å². The van der Waals surface area contributed by atoms with Crippen LogP contribution in [0.4, 0.5) is 0 Å². The summed E-state index contributed by atoms with van der Waals surface area (Å²) in [5.41, 5.74) is 1.23. The zero-order chi connectivity index (χ0) is 18.2. The van der Waals surface area contributed by atoms with Crippen LogP contribution >= 0.6 is 11.8 Å². The normalized spacial score (nSPS) is 11.9. The van der Waals surface area contributed by atoms with Gasteiger partial charge in [-0.3, -0.25) is 4.79 Å². The summed E-state index contributed by atoms with van der Waals surface area (Å²) in [6.45, 7) is 2.90. The first-order chi connectivity index (χ1) is 12.7. The number of benzene rings is 3. The van der Waals surface area contributed by atoms with E-state index in [1.54, 1.807) is 11.8 Å². The molecular weight excluding hydrogens is 342 g/mol. The summed E-state index contributed by atoms with van der Waals surface area (Å²) in [6.07, 6.45) is 0. The molecule has 0 heterocycles. The van der Waals surface area contributed by atoms with Gasteiger partial charge in [0.15, 0.2) is 0 Å². The van der Waals surface area contributed by atoms with Crippen LogP contribution in [0, 0.1) is 0 Å². The van der Waals surface area contributed by atoms with E-state index in [0.29, 0.717) is 13.2 Å². The first-order valence-corrected chi connectivity index (χ1v) is 9.82. The average molecular weight is 365 g/mol. The molecule has 3 nitrogen and oxygen atoms in total. The number of amides is 1. The second-order valence-electron chi connectivity index (χ2n) is 6.09. The number of carbonyl (C=O) groups excluding carboxylic acids is 1. The number of rotatable bonds is 8. The molecule has 1 amide bonds. The molecule has 134 valence electrons. The van der Waals surface area contributed by atoms with Crippen molar-refractivity contribution in [3.63, 3.8) is 0 Å². The van der Waals surface area contributed by atoms with E-state index in [2.05, 4.69) is 29.6 Å². The molecule has 1 atom stereocenters. The Hall–Kier alpha value is -2.46. The maximum Gasteiger partial charge on any atom is 0.232 e. The summed E-state index contributed by atoms with van der Waals surface area (Å²) in [7, 11) is 0.